The Bertz CT molecular complexity index is 925. The van der Waals surface area contributed by atoms with Crippen LogP contribution in [0.3, 0.4) is 0 Å². The van der Waals surface area contributed by atoms with E-state index in [0.29, 0.717) is 12.1 Å². The lowest BCUT2D eigenvalue weighted by Crippen LogP contribution is -2.02. The molecule has 6 N–H and O–H groups in total. The lowest BCUT2D eigenvalue weighted by atomic mass is 10.1. The molecule has 2 aromatic carbocycles. The van der Waals surface area contributed by atoms with Crippen molar-refractivity contribution in [3.63, 3.8) is 0 Å². The molecule has 12 heteroatoms. The van der Waals surface area contributed by atoms with Crippen molar-refractivity contribution in [3.05, 3.63) is 12.1 Å². The fraction of sp³-hybridized carbons (Fsp3) is 0. The Morgan fingerprint density at radius 2 is 0.955 bits per heavy atom. The highest BCUT2D eigenvalue weighted by Gasteiger charge is 2.28. The summed E-state index contributed by atoms with van der Waals surface area (Å²) in [4.78, 5) is -2.47. The zero-order valence-corrected chi connectivity index (χ0v) is 11.9. The van der Waals surface area contributed by atoms with Gasteiger partial charge in [0.2, 0.25) is 0 Å². The fourth-order valence-electron chi connectivity index (χ4n) is 1.91. The van der Waals surface area contributed by atoms with Crippen LogP contribution in [0.2, 0.25) is 0 Å². The van der Waals surface area contributed by atoms with Crippen LogP contribution < -0.4 is 0 Å². The molecule has 0 atom stereocenters. The molecule has 0 amide bonds. The van der Waals surface area contributed by atoms with E-state index in [0.717, 1.165) is 0 Å². The first-order valence-electron chi connectivity index (χ1n) is 5.24. The smallest absolute Gasteiger partial charge is 0.298 e. The summed E-state index contributed by atoms with van der Waals surface area (Å²) >= 11 is 0. The van der Waals surface area contributed by atoms with Crippen LogP contribution in [0.1, 0.15) is 0 Å². The van der Waals surface area contributed by atoms with Crippen LogP contribution in [0.5, 0.6) is 23.0 Å². The predicted octanol–water partition coefficient (Wildman–Crippen LogP) is 0.156. The topological polar surface area (TPSA) is 190 Å². The van der Waals surface area contributed by atoms with Crippen LogP contribution in [0.15, 0.2) is 21.9 Å². The predicted molar refractivity (Wildman–Crippen MR) is 70.2 cm³/mol. The lowest BCUT2D eigenvalue weighted by molar-refractivity contribution is 0.422. The number of hydrogen-bond acceptors (Lipinski definition) is 8. The average molecular weight is 352 g/mol. The van der Waals surface area contributed by atoms with Crippen molar-refractivity contribution in [1.82, 2.24) is 0 Å². The van der Waals surface area contributed by atoms with E-state index in [4.69, 9.17) is 9.11 Å². The lowest BCUT2D eigenvalue weighted by Gasteiger charge is -2.12. The van der Waals surface area contributed by atoms with Crippen LogP contribution in [-0.2, 0) is 20.2 Å². The number of benzene rings is 2. The number of rotatable bonds is 2. The van der Waals surface area contributed by atoms with E-state index in [9.17, 15) is 37.3 Å². The molecule has 0 unspecified atom stereocenters. The summed E-state index contributed by atoms with van der Waals surface area (Å²) in [5, 5.41) is 37.3. The molecule has 2 aromatic rings. The Morgan fingerprint density at radius 3 is 1.23 bits per heavy atom. The molecule has 0 aliphatic rings. The van der Waals surface area contributed by atoms with Crippen LogP contribution in [0, 0.1) is 0 Å². The molecule has 0 saturated carbocycles. The minimum Gasteiger partial charge on any atom is -0.507 e. The summed E-state index contributed by atoms with van der Waals surface area (Å²) in [6, 6.07) is 0.776. The van der Waals surface area contributed by atoms with Gasteiger partial charge in [0.25, 0.3) is 20.2 Å². The normalized spacial score (nSPS) is 12.6. The molecular weight excluding hydrogens is 344 g/mol. The summed E-state index contributed by atoms with van der Waals surface area (Å²) in [5.41, 5.74) is 0. The third-order valence-corrected chi connectivity index (χ3v) is 4.53. The highest BCUT2D eigenvalue weighted by molar-refractivity contribution is 7.86. The molecule has 0 aromatic heterocycles. The van der Waals surface area contributed by atoms with Crippen molar-refractivity contribution >= 4 is 31.0 Å². The molecule has 0 aliphatic heterocycles. The third kappa shape index (κ3) is 2.37. The quantitative estimate of drug-likeness (QED) is 0.320. The van der Waals surface area contributed by atoms with E-state index >= 15 is 0 Å². The molecular formula is C10H8O10S2. The fourth-order valence-corrected chi connectivity index (χ4v) is 3.12. The van der Waals surface area contributed by atoms with Gasteiger partial charge in [0, 0.05) is 12.1 Å². The van der Waals surface area contributed by atoms with Gasteiger partial charge in [0.1, 0.15) is 32.8 Å². The number of hydrogen-bond donors (Lipinski definition) is 6. The maximum absolute atomic E-state index is 11.1. The van der Waals surface area contributed by atoms with Gasteiger partial charge in [-0.2, -0.15) is 16.8 Å². The van der Waals surface area contributed by atoms with Crippen molar-refractivity contribution in [2.75, 3.05) is 0 Å². The first-order valence-corrected chi connectivity index (χ1v) is 8.12. The van der Waals surface area contributed by atoms with Gasteiger partial charge in [-0.3, -0.25) is 9.11 Å². The van der Waals surface area contributed by atoms with Crippen molar-refractivity contribution in [1.29, 1.82) is 0 Å². The summed E-state index contributed by atoms with van der Waals surface area (Å²) in [6.45, 7) is 0. The Balaban J connectivity index is 3.19. The van der Waals surface area contributed by atoms with Crippen molar-refractivity contribution in [2.24, 2.45) is 0 Å². The minimum atomic E-state index is -5.04. The first kappa shape index (κ1) is 16.1. The van der Waals surface area contributed by atoms with Gasteiger partial charge < -0.3 is 20.4 Å². The molecule has 22 heavy (non-hydrogen) atoms. The van der Waals surface area contributed by atoms with E-state index in [1.54, 1.807) is 0 Å². The molecule has 0 saturated heterocycles. The molecule has 0 radical (unpaired) electrons. The third-order valence-electron chi connectivity index (χ3n) is 2.79. The van der Waals surface area contributed by atoms with E-state index in [-0.39, 0.29) is 0 Å². The van der Waals surface area contributed by atoms with Crippen LogP contribution in [0.4, 0.5) is 0 Å². The highest BCUT2D eigenvalue weighted by atomic mass is 32.2. The second-order valence-corrected chi connectivity index (χ2v) is 6.96. The second-order valence-electron chi connectivity index (χ2n) is 4.19. The first-order chi connectivity index (χ1) is 9.85. The average Bonchev–Trinajstić information content (AvgIpc) is 2.33. The SMILES string of the molecule is O=S(=O)(O)c1cc(O)c2c(O)cc(S(=O)(=O)O)c(O)c2c1O. The van der Waals surface area contributed by atoms with Gasteiger partial charge >= 0.3 is 0 Å². The summed E-state index contributed by atoms with van der Waals surface area (Å²) < 4.78 is 62.3. The van der Waals surface area contributed by atoms with Gasteiger partial charge in [0.05, 0.1) is 10.8 Å². The number of fused-ring (bicyclic) bond motifs is 1. The van der Waals surface area contributed by atoms with Crippen LogP contribution in [0.25, 0.3) is 10.8 Å². The van der Waals surface area contributed by atoms with Crippen LogP contribution in [-0.4, -0.2) is 46.4 Å². The summed E-state index contributed by atoms with van der Waals surface area (Å²) in [5.74, 6) is -4.60. The van der Waals surface area contributed by atoms with E-state index < -0.39 is 63.8 Å². The van der Waals surface area contributed by atoms with E-state index in [1.807, 2.05) is 0 Å². The standard InChI is InChI=1S/C10H8O10S2/c11-3-1-5(21(15,16)17)9(13)8-7(3)4(12)2-6(10(8)14)22(18,19)20/h1-2,11-14H,(H,15,16,17)(H,18,19,20). The molecule has 0 spiro atoms. The maximum atomic E-state index is 11.1. The molecule has 10 nitrogen and oxygen atoms in total. The van der Waals surface area contributed by atoms with Gasteiger partial charge in [-0.1, -0.05) is 0 Å². The largest absolute Gasteiger partial charge is 0.507 e. The molecule has 0 aliphatic carbocycles. The molecule has 0 heterocycles. The summed E-state index contributed by atoms with van der Waals surface area (Å²) in [7, 11) is -10.1. The van der Waals surface area contributed by atoms with Gasteiger partial charge in [0.15, 0.2) is 0 Å². The van der Waals surface area contributed by atoms with Crippen molar-refractivity contribution in [2.45, 2.75) is 9.79 Å². The van der Waals surface area contributed by atoms with Gasteiger partial charge in [-0.15, -0.1) is 0 Å². The molecule has 0 bridgehead atoms. The van der Waals surface area contributed by atoms with Crippen molar-refractivity contribution in [3.8, 4) is 23.0 Å². The summed E-state index contributed by atoms with van der Waals surface area (Å²) in [6.07, 6.45) is 0. The van der Waals surface area contributed by atoms with E-state index in [1.165, 1.54) is 0 Å². The number of phenolic OH excluding ortho intramolecular Hbond substituents is 4. The minimum absolute atomic E-state index is 0.388. The molecule has 2 rings (SSSR count). The molecule has 0 fully saturated rings. The zero-order chi connectivity index (χ0) is 17.0. The Labute approximate surface area is 123 Å². The molecule has 120 valence electrons. The Kier molecular flexibility index (Phi) is 3.37. The van der Waals surface area contributed by atoms with Gasteiger partial charge in [-0.05, 0) is 0 Å². The van der Waals surface area contributed by atoms with Crippen molar-refractivity contribution < 1.29 is 46.4 Å². The zero-order valence-electron chi connectivity index (χ0n) is 10.3. The van der Waals surface area contributed by atoms with E-state index in [2.05, 4.69) is 0 Å². The van der Waals surface area contributed by atoms with Crippen LogP contribution >= 0.6 is 0 Å². The maximum Gasteiger partial charge on any atom is 0.298 e. The Morgan fingerprint density at radius 1 is 0.636 bits per heavy atom. The highest BCUT2D eigenvalue weighted by Crippen LogP contribution is 2.48. The Hall–Kier alpha value is -2.28. The number of phenols is 4. The second kappa shape index (κ2) is 4.61. The monoisotopic (exact) mass is 352 g/mol. The number of aromatic hydroxyl groups is 4. The van der Waals surface area contributed by atoms with Gasteiger partial charge in [-0.25, -0.2) is 0 Å².